The van der Waals surface area contributed by atoms with E-state index in [1.807, 2.05) is 17.0 Å². The zero-order valence-corrected chi connectivity index (χ0v) is 14.1. The molecule has 4 heteroatoms. The highest BCUT2D eigenvalue weighted by Crippen LogP contribution is 2.28. The molecule has 1 heterocycles. The molecular formula is C18H25ClN2O. The molecule has 2 aliphatic rings. The number of piperazine rings is 1. The fraction of sp³-hybridized carbons (Fsp3) is 0.611. The second-order valence-electron chi connectivity index (χ2n) is 6.76. The third kappa shape index (κ3) is 3.64. The Balaban J connectivity index is 1.56. The third-order valence-corrected chi connectivity index (χ3v) is 5.33. The van der Waals surface area contributed by atoms with Gasteiger partial charge in [0.05, 0.1) is 0 Å². The highest BCUT2D eigenvalue weighted by atomic mass is 35.5. The van der Waals surface area contributed by atoms with Crippen molar-refractivity contribution in [3.8, 4) is 0 Å². The van der Waals surface area contributed by atoms with E-state index in [2.05, 4.69) is 11.8 Å². The first-order valence-electron chi connectivity index (χ1n) is 8.42. The van der Waals surface area contributed by atoms with Gasteiger partial charge in [-0.3, -0.25) is 9.69 Å². The number of carbonyl (C=O) groups excluding carboxylic acids is 1. The van der Waals surface area contributed by atoms with Gasteiger partial charge in [-0.2, -0.15) is 0 Å². The van der Waals surface area contributed by atoms with Crippen LogP contribution < -0.4 is 0 Å². The van der Waals surface area contributed by atoms with Crippen LogP contribution in [0.25, 0.3) is 0 Å². The molecule has 0 N–H and O–H groups in total. The maximum atomic E-state index is 12.5. The van der Waals surface area contributed by atoms with E-state index in [9.17, 15) is 4.79 Å². The average molecular weight is 321 g/mol. The van der Waals surface area contributed by atoms with Crippen molar-refractivity contribution < 1.29 is 4.79 Å². The van der Waals surface area contributed by atoms with Crippen LogP contribution in [0.3, 0.4) is 0 Å². The first-order chi connectivity index (χ1) is 10.6. The SMILES string of the molecule is C[C@H]1CCC[C@H](N2CCN(C(=O)c3cccc(Cl)c3)CC2)C1. The van der Waals surface area contributed by atoms with Crippen LogP contribution in [0.2, 0.25) is 5.02 Å². The van der Waals surface area contributed by atoms with E-state index in [0.717, 1.165) is 38.1 Å². The van der Waals surface area contributed by atoms with Crippen LogP contribution in [0.1, 0.15) is 43.0 Å². The summed E-state index contributed by atoms with van der Waals surface area (Å²) in [5, 5.41) is 0.626. The second-order valence-corrected chi connectivity index (χ2v) is 7.20. The topological polar surface area (TPSA) is 23.6 Å². The van der Waals surface area contributed by atoms with Crippen molar-refractivity contribution in [2.45, 2.75) is 38.6 Å². The van der Waals surface area contributed by atoms with E-state index < -0.39 is 0 Å². The van der Waals surface area contributed by atoms with Crippen LogP contribution in [0.4, 0.5) is 0 Å². The summed E-state index contributed by atoms with van der Waals surface area (Å²) >= 11 is 5.99. The van der Waals surface area contributed by atoms with Crippen LogP contribution >= 0.6 is 11.6 Å². The van der Waals surface area contributed by atoms with Gasteiger partial charge < -0.3 is 4.90 Å². The number of benzene rings is 1. The number of rotatable bonds is 2. The van der Waals surface area contributed by atoms with Crippen LogP contribution in [-0.4, -0.2) is 47.9 Å². The zero-order chi connectivity index (χ0) is 15.5. The summed E-state index contributed by atoms with van der Waals surface area (Å²) in [5.41, 5.74) is 0.701. The predicted molar refractivity (Wildman–Crippen MR) is 90.3 cm³/mol. The van der Waals surface area contributed by atoms with Crippen molar-refractivity contribution in [3.05, 3.63) is 34.9 Å². The Bertz CT molecular complexity index is 526. The summed E-state index contributed by atoms with van der Waals surface area (Å²) in [6, 6.07) is 7.99. The Hall–Kier alpha value is -1.06. The van der Waals surface area contributed by atoms with Gasteiger partial charge in [-0.05, 0) is 37.0 Å². The molecule has 1 aliphatic heterocycles. The van der Waals surface area contributed by atoms with Crippen molar-refractivity contribution in [1.29, 1.82) is 0 Å². The average Bonchev–Trinajstić information content (AvgIpc) is 2.54. The molecule has 3 nitrogen and oxygen atoms in total. The van der Waals surface area contributed by atoms with Crippen molar-refractivity contribution in [2.24, 2.45) is 5.92 Å². The van der Waals surface area contributed by atoms with Gasteiger partial charge in [-0.1, -0.05) is 37.4 Å². The van der Waals surface area contributed by atoms with E-state index in [4.69, 9.17) is 11.6 Å². The Labute approximate surface area is 138 Å². The number of hydrogen-bond donors (Lipinski definition) is 0. The normalized spacial score (nSPS) is 26.9. The predicted octanol–water partition coefficient (Wildman–Crippen LogP) is 3.68. The summed E-state index contributed by atoms with van der Waals surface area (Å²) in [7, 11) is 0. The summed E-state index contributed by atoms with van der Waals surface area (Å²) in [6.45, 7) is 6.03. The molecule has 1 aromatic carbocycles. The lowest BCUT2D eigenvalue weighted by molar-refractivity contribution is 0.0489. The van der Waals surface area contributed by atoms with Gasteiger partial charge >= 0.3 is 0 Å². The van der Waals surface area contributed by atoms with Crippen LogP contribution in [0.15, 0.2) is 24.3 Å². The Morgan fingerprint density at radius 3 is 2.64 bits per heavy atom. The minimum Gasteiger partial charge on any atom is -0.336 e. The minimum absolute atomic E-state index is 0.110. The smallest absolute Gasteiger partial charge is 0.253 e. The summed E-state index contributed by atoms with van der Waals surface area (Å²) in [5.74, 6) is 0.962. The summed E-state index contributed by atoms with van der Waals surface area (Å²) in [6.07, 6.45) is 5.38. The highest BCUT2D eigenvalue weighted by molar-refractivity contribution is 6.30. The summed E-state index contributed by atoms with van der Waals surface area (Å²) in [4.78, 5) is 17.1. The second kappa shape index (κ2) is 7.01. The zero-order valence-electron chi connectivity index (χ0n) is 13.3. The van der Waals surface area contributed by atoms with Crippen LogP contribution in [0.5, 0.6) is 0 Å². The molecule has 1 amide bonds. The molecule has 0 bridgehead atoms. The minimum atomic E-state index is 0.110. The highest BCUT2D eigenvalue weighted by Gasteiger charge is 2.29. The molecule has 120 valence electrons. The fourth-order valence-corrected chi connectivity index (χ4v) is 4.02. The molecule has 2 atom stereocenters. The molecule has 22 heavy (non-hydrogen) atoms. The Morgan fingerprint density at radius 1 is 1.18 bits per heavy atom. The van der Waals surface area contributed by atoms with Gasteiger partial charge in [-0.25, -0.2) is 0 Å². The molecule has 0 spiro atoms. The molecule has 0 radical (unpaired) electrons. The van der Waals surface area contributed by atoms with Gasteiger partial charge in [0, 0.05) is 42.8 Å². The quantitative estimate of drug-likeness (QED) is 0.830. The number of amides is 1. The van der Waals surface area contributed by atoms with E-state index in [0.29, 0.717) is 10.6 Å². The molecule has 2 fully saturated rings. The maximum absolute atomic E-state index is 12.5. The molecular weight excluding hydrogens is 296 g/mol. The van der Waals surface area contributed by atoms with Crippen molar-refractivity contribution in [1.82, 2.24) is 9.80 Å². The fourth-order valence-electron chi connectivity index (χ4n) is 3.83. The lowest BCUT2D eigenvalue weighted by Gasteiger charge is -2.42. The van der Waals surface area contributed by atoms with Crippen molar-refractivity contribution in [2.75, 3.05) is 26.2 Å². The van der Waals surface area contributed by atoms with Crippen molar-refractivity contribution >= 4 is 17.5 Å². The van der Waals surface area contributed by atoms with E-state index in [1.54, 1.807) is 12.1 Å². The monoisotopic (exact) mass is 320 g/mol. The van der Waals surface area contributed by atoms with Gasteiger partial charge in [0.1, 0.15) is 0 Å². The largest absolute Gasteiger partial charge is 0.336 e. The van der Waals surface area contributed by atoms with Crippen molar-refractivity contribution in [3.63, 3.8) is 0 Å². The maximum Gasteiger partial charge on any atom is 0.253 e. The van der Waals surface area contributed by atoms with E-state index >= 15 is 0 Å². The van der Waals surface area contributed by atoms with Gasteiger partial charge in [-0.15, -0.1) is 0 Å². The molecule has 1 aliphatic carbocycles. The lowest BCUT2D eigenvalue weighted by Crippen LogP contribution is -2.52. The molecule has 0 aromatic heterocycles. The molecule has 1 saturated heterocycles. The first-order valence-corrected chi connectivity index (χ1v) is 8.80. The molecule has 1 aromatic rings. The van der Waals surface area contributed by atoms with Crippen LogP contribution in [-0.2, 0) is 0 Å². The van der Waals surface area contributed by atoms with E-state index in [1.165, 1.54) is 25.7 Å². The number of nitrogens with zero attached hydrogens (tertiary/aromatic N) is 2. The Kier molecular flexibility index (Phi) is 5.04. The number of hydrogen-bond acceptors (Lipinski definition) is 2. The third-order valence-electron chi connectivity index (χ3n) is 5.10. The van der Waals surface area contributed by atoms with Gasteiger partial charge in [0.15, 0.2) is 0 Å². The van der Waals surface area contributed by atoms with E-state index in [-0.39, 0.29) is 5.91 Å². The lowest BCUT2D eigenvalue weighted by atomic mass is 9.86. The Morgan fingerprint density at radius 2 is 1.95 bits per heavy atom. The first kappa shape index (κ1) is 15.8. The number of carbonyl (C=O) groups is 1. The van der Waals surface area contributed by atoms with Crippen LogP contribution in [0, 0.1) is 5.92 Å². The number of halogens is 1. The standard InChI is InChI=1S/C18H25ClN2O/c1-14-4-2-7-17(12-14)20-8-10-21(11-9-20)18(22)15-5-3-6-16(19)13-15/h3,5-6,13-14,17H,2,4,7-12H2,1H3/t14-,17-/m0/s1. The molecule has 3 rings (SSSR count). The van der Waals surface area contributed by atoms with Gasteiger partial charge in [0.25, 0.3) is 5.91 Å². The molecule has 1 saturated carbocycles. The van der Waals surface area contributed by atoms with Gasteiger partial charge in [0.2, 0.25) is 0 Å². The summed E-state index contributed by atoms with van der Waals surface area (Å²) < 4.78 is 0. The molecule has 0 unspecified atom stereocenters.